The van der Waals surface area contributed by atoms with Crippen molar-refractivity contribution in [2.24, 2.45) is 5.73 Å². The van der Waals surface area contributed by atoms with Crippen molar-refractivity contribution < 1.29 is 14.4 Å². The van der Waals surface area contributed by atoms with Crippen molar-refractivity contribution in [1.82, 2.24) is 0 Å². The summed E-state index contributed by atoms with van der Waals surface area (Å²) in [5.41, 5.74) is 4.50. The Morgan fingerprint density at radius 3 is 1.43 bits per heavy atom. The van der Waals surface area contributed by atoms with Crippen LogP contribution in [0.4, 0.5) is 0 Å². The van der Waals surface area contributed by atoms with Crippen molar-refractivity contribution >= 4 is 26.8 Å². The number of benzene rings is 2. The van der Waals surface area contributed by atoms with Crippen molar-refractivity contribution in [3.63, 3.8) is 0 Å². The molecule has 0 bridgehead atoms. The molecule has 4 nitrogen and oxygen atoms in total. The van der Waals surface area contributed by atoms with E-state index in [0.29, 0.717) is 0 Å². The molecule has 0 fully saturated rings. The molecule has 6 heteroatoms. The Labute approximate surface area is 128 Å². The predicted octanol–water partition coefficient (Wildman–Crippen LogP) is 2.07. The molecule has 0 saturated carbocycles. The van der Waals surface area contributed by atoms with Gasteiger partial charge in [-0.2, -0.15) is 0 Å². The summed E-state index contributed by atoms with van der Waals surface area (Å²) in [5.74, 6) is 0. The monoisotopic (exact) mass is 327 g/mol. The van der Waals surface area contributed by atoms with Crippen LogP contribution in [0.3, 0.4) is 0 Å². The fourth-order valence-corrected chi connectivity index (χ4v) is 2.26. The molecule has 0 aromatic heterocycles. The molecule has 0 amide bonds. The van der Waals surface area contributed by atoms with Crippen LogP contribution in [0.5, 0.6) is 0 Å². The van der Waals surface area contributed by atoms with Crippen molar-refractivity contribution in [3.8, 4) is 0 Å². The lowest BCUT2D eigenvalue weighted by Gasteiger charge is -2.00. The average molecular weight is 327 g/mol. The third-order valence-corrected chi connectivity index (χ3v) is 4.32. The van der Waals surface area contributed by atoms with Crippen LogP contribution in [0.2, 0.25) is 0 Å². The second-order valence-corrected chi connectivity index (χ2v) is 7.20. The number of rotatable bonds is 3. The van der Waals surface area contributed by atoms with Crippen molar-refractivity contribution in [2.75, 3.05) is 13.2 Å². The molecule has 0 saturated heterocycles. The van der Waals surface area contributed by atoms with Gasteiger partial charge in [0, 0.05) is 6.16 Å². The number of hydrogen-bond acceptors (Lipinski definition) is 2. The highest BCUT2D eigenvalue weighted by atomic mass is 31.2. The van der Waals surface area contributed by atoms with Gasteiger partial charge in [-0.05, 0) is 17.7 Å². The summed E-state index contributed by atoms with van der Waals surface area (Å²) >= 11 is 0. The van der Waals surface area contributed by atoms with E-state index in [1.54, 1.807) is 0 Å². The topological polar surface area (TPSA) is 83.5 Å². The van der Waals surface area contributed by atoms with Crippen LogP contribution < -0.4 is 16.3 Å². The summed E-state index contributed by atoms with van der Waals surface area (Å²) in [4.78, 5) is 15.9. The third kappa shape index (κ3) is 11.3. The molecule has 0 spiro atoms. The zero-order valence-corrected chi connectivity index (χ0v) is 14.2. The second-order valence-electron chi connectivity index (χ2n) is 3.84. The fourth-order valence-electron chi connectivity index (χ4n) is 1.21. The van der Waals surface area contributed by atoms with Crippen molar-refractivity contribution in [1.29, 1.82) is 0 Å². The highest BCUT2D eigenvalue weighted by Crippen LogP contribution is 2.32. The molecule has 0 atom stereocenters. The van der Waals surface area contributed by atoms with Gasteiger partial charge in [-0.1, -0.05) is 76.2 Å². The summed E-state index contributed by atoms with van der Waals surface area (Å²) in [6.07, 6.45) is -0.0625. The molecule has 0 aliphatic heterocycles. The molecule has 116 valence electrons. The predicted molar refractivity (Wildman–Crippen MR) is 93.2 cm³/mol. The van der Waals surface area contributed by atoms with Crippen LogP contribution in [0.25, 0.3) is 0 Å². The molecule has 0 unspecified atom stereocenters. The van der Waals surface area contributed by atoms with Crippen LogP contribution in [0.15, 0.2) is 60.7 Å². The minimum Gasteiger partial charge on any atom is -0.333 e. The van der Waals surface area contributed by atoms with E-state index in [2.05, 4.69) is 66.4 Å². The minimum atomic E-state index is -3.65. The van der Waals surface area contributed by atoms with E-state index in [1.807, 2.05) is 0 Å². The molecule has 2 aromatic carbocycles. The summed E-state index contributed by atoms with van der Waals surface area (Å²) in [6, 6.07) is 21.2. The van der Waals surface area contributed by atoms with Gasteiger partial charge >= 0.3 is 7.60 Å². The number of nitrogens with two attached hydrogens (primary N) is 1. The summed E-state index contributed by atoms with van der Waals surface area (Å²) < 4.78 is 9.69. The maximum Gasteiger partial charge on any atom is 0.325 e. The van der Waals surface area contributed by atoms with E-state index < -0.39 is 7.60 Å². The highest BCUT2D eigenvalue weighted by Gasteiger charge is 2.05. The molecule has 4 N–H and O–H groups in total. The Hall–Kier alpha value is -1.02. The zero-order valence-electron chi connectivity index (χ0n) is 12.3. The van der Waals surface area contributed by atoms with E-state index in [9.17, 15) is 4.57 Å². The molecule has 2 aromatic rings. The van der Waals surface area contributed by atoms with Crippen LogP contribution >= 0.6 is 16.2 Å². The molecule has 21 heavy (non-hydrogen) atoms. The highest BCUT2D eigenvalue weighted by molar-refractivity contribution is 7.55. The number of hydrogen-bond donors (Lipinski definition) is 3. The minimum absolute atomic E-state index is 0.0625. The largest absolute Gasteiger partial charge is 0.333 e. The molecule has 0 aliphatic rings. The Morgan fingerprint density at radius 1 is 0.905 bits per heavy atom. The van der Waals surface area contributed by atoms with E-state index in [0.717, 1.165) is 8.58 Å². The quantitative estimate of drug-likeness (QED) is 0.754. The molecule has 2 rings (SSSR count). The standard InChI is InChI=1S/C12H11P.C2H7O3P.CH5N/c1-3-7-11(8-4-1)13-12-9-5-2-6-10-12;1-2-6(3,4)5;1-2/h1-10,13H;2H2,1H3,(H2,3,4,5);2H2,1H3. The Morgan fingerprint density at radius 2 is 1.19 bits per heavy atom. The first-order valence-corrected chi connectivity index (χ1v) is 9.30. The maximum atomic E-state index is 9.69. The molecule has 0 radical (unpaired) electrons. The van der Waals surface area contributed by atoms with Gasteiger partial charge in [0.05, 0.1) is 0 Å². The summed E-state index contributed by atoms with van der Waals surface area (Å²) in [7, 11) is -1.37. The van der Waals surface area contributed by atoms with Gasteiger partial charge in [-0.25, -0.2) is 0 Å². The first-order valence-electron chi connectivity index (χ1n) is 6.50. The average Bonchev–Trinajstić information content (AvgIpc) is 2.51. The van der Waals surface area contributed by atoms with Gasteiger partial charge in [0.15, 0.2) is 0 Å². The third-order valence-electron chi connectivity index (χ3n) is 2.25. The second kappa shape index (κ2) is 11.6. The van der Waals surface area contributed by atoms with Gasteiger partial charge in [0.1, 0.15) is 0 Å². The van der Waals surface area contributed by atoms with E-state index in [-0.39, 0.29) is 6.16 Å². The van der Waals surface area contributed by atoms with Crippen LogP contribution in [-0.2, 0) is 4.57 Å². The van der Waals surface area contributed by atoms with E-state index in [1.165, 1.54) is 24.6 Å². The van der Waals surface area contributed by atoms with Gasteiger partial charge < -0.3 is 15.5 Å². The Bertz CT molecular complexity index is 477. The van der Waals surface area contributed by atoms with Crippen molar-refractivity contribution in [2.45, 2.75) is 6.92 Å². The molecule has 0 heterocycles. The first-order chi connectivity index (χ1) is 10.0. The molecule has 0 aliphatic carbocycles. The molecular formula is C15H23NO3P2. The van der Waals surface area contributed by atoms with Gasteiger partial charge in [0.2, 0.25) is 0 Å². The lowest BCUT2D eigenvalue weighted by molar-refractivity contribution is 0.375. The summed E-state index contributed by atoms with van der Waals surface area (Å²) in [6.45, 7) is 1.45. The Kier molecular flexibility index (Phi) is 11.1. The maximum absolute atomic E-state index is 9.69. The first kappa shape index (κ1) is 20.0. The smallest absolute Gasteiger partial charge is 0.325 e. The van der Waals surface area contributed by atoms with Crippen LogP contribution in [0.1, 0.15) is 6.92 Å². The fraction of sp³-hybridized carbons (Fsp3) is 0.200. The Balaban J connectivity index is 0.000000427. The normalized spacial score (nSPS) is 9.76. The van der Waals surface area contributed by atoms with Gasteiger partial charge in [0.25, 0.3) is 0 Å². The van der Waals surface area contributed by atoms with Crippen molar-refractivity contribution in [3.05, 3.63) is 60.7 Å². The van der Waals surface area contributed by atoms with E-state index >= 15 is 0 Å². The molecular weight excluding hydrogens is 304 g/mol. The zero-order chi connectivity index (χ0) is 16.1. The van der Waals surface area contributed by atoms with Crippen LogP contribution in [0, 0.1) is 0 Å². The summed E-state index contributed by atoms with van der Waals surface area (Å²) in [5, 5.41) is 2.79. The lowest BCUT2D eigenvalue weighted by Crippen LogP contribution is -2.01. The SMILES string of the molecule is CCP(=O)(O)O.CN.c1ccc(Pc2ccccc2)cc1. The van der Waals surface area contributed by atoms with Gasteiger partial charge in [-0.15, -0.1) is 0 Å². The lowest BCUT2D eigenvalue weighted by atomic mass is 10.4. The van der Waals surface area contributed by atoms with E-state index in [4.69, 9.17) is 9.79 Å². The van der Waals surface area contributed by atoms with Gasteiger partial charge in [-0.3, -0.25) is 4.57 Å². The van der Waals surface area contributed by atoms with Crippen LogP contribution in [-0.4, -0.2) is 23.0 Å².